The van der Waals surface area contributed by atoms with Crippen LogP contribution in [0.4, 0.5) is 0 Å². The van der Waals surface area contributed by atoms with Gasteiger partial charge in [-0.25, -0.2) is 4.98 Å². The lowest BCUT2D eigenvalue weighted by Gasteiger charge is -2.25. The minimum Gasteiger partial charge on any atom is -0.508 e. The van der Waals surface area contributed by atoms with Crippen molar-refractivity contribution < 1.29 is 14.6 Å². The van der Waals surface area contributed by atoms with E-state index < -0.39 is 5.60 Å². The van der Waals surface area contributed by atoms with Crippen molar-refractivity contribution in [2.45, 2.75) is 24.9 Å². The van der Waals surface area contributed by atoms with E-state index in [-0.39, 0.29) is 5.75 Å². The number of hydrogen-bond acceptors (Lipinski definition) is 4. The first kappa shape index (κ1) is 19.3. The second-order valence-corrected chi connectivity index (χ2v) is 7.96. The highest BCUT2D eigenvalue weighted by molar-refractivity contribution is 5.80. The van der Waals surface area contributed by atoms with E-state index in [4.69, 9.17) is 9.40 Å². The number of phenolic OH excluding ortho intramolecular Hbond substituents is 1. The molecule has 31 heavy (non-hydrogen) atoms. The average Bonchev–Trinajstić information content (AvgIpc) is 3.39. The van der Waals surface area contributed by atoms with Crippen LogP contribution in [0.2, 0.25) is 0 Å². The van der Waals surface area contributed by atoms with Crippen LogP contribution in [0.1, 0.15) is 24.3 Å². The Morgan fingerprint density at radius 3 is 2.29 bits per heavy atom. The van der Waals surface area contributed by atoms with Crippen molar-refractivity contribution >= 4 is 5.57 Å². The SMILES string of the molecule is Oc1cccc(C[C@]2(O)CCC=C2c2nc(-c3ccccc3)c(-c3ccccc3)o2)c1. The largest absolute Gasteiger partial charge is 0.508 e. The van der Waals surface area contributed by atoms with Crippen molar-refractivity contribution in [3.8, 4) is 28.3 Å². The molecule has 2 N–H and O–H groups in total. The average molecular weight is 409 g/mol. The zero-order chi connectivity index (χ0) is 21.3. The highest BCUT2D eigenvalue weighted by atomic mass is 16.4. The molecule has 0 bridgehead atoms. The van der Waals surface area contributed by atoms with Gasteiger partial charge >= 0.3 is 0 Å². The summed E-state index contributed by atoms with van der Waals surface area (Å²) in [4.78, 5) is 4.85. The van der Waals surface area contributed by atoms with E-state index in [0.29, 0.717) is 30.1 Å². The fraction of sp³-hybridized carbons (Fsp3) is 0.148. The molecule has 3 aromatic carbocycles. The number of oxazole rings is 1. The molecule has 0 saturated carbocycles. The van der Waals surface area contributed by atoms with Gasteiger partial charge in [-0.3, -0.25) is 0 Å². The standard InChI is InChI=1S/C27H23NO3/c29-22-14-7-9-19(17-22)18-27(30)16-8-15-23(27)26-28-24(20-10-3-1-4-11-20)25(31-26)21-12-5-2-6-13-21/h1-7,9-15,17,29-30H,8,16,18H2/t27-/m1/s1. The Bertz CT molecular complexity index is 1170. The van der Waals surface area contributed by atoms with Gasteiger partial charge in [0.2, 0.25) is 5.89 Å². The first-order valence-electron chi connectivity index (χ1n) is 10.5. The normalized spacial score (nSPS) is 18.2. The van der Waals surface area contributed by atoms with Crippen molar-refractivity contribution in [1.82, 2.24) is 4.98 Å². The van der Waals surface area contributed by atoms with Crippen LogP contribution in [-0.4, -0.2) is 20.8 Å². The summed E-state index contributed by atoms with van der Waals surface area (Å²) < 4.78 is 6.31. The van der Waals surface area contributed by atoms with E-state index in [0.717, 1.165) is 28.8 Å². The molecule has 0 fully saturated rings. The molecule has 4 heteroatoms. The molecule has 1 aliphatic carbocycles. The number of phenols is 1. The van der Waals surface area contributed by atoms with E-state index in [2.05, 4.69) is 0 Å². The molecule has 4 aromatic rings. The Morgan fingerprint density at radius 1 is 0.871 bits per heavy atom. The molecule has 0 amide bonds. The molecule has 1 atom stereocenters. The molecule has 0 aliphatic heterocycles. The third-order valence-electron chi connectivity index (χ3n) is 5.76. The summed E-state index contributed by atoms with van der Waals surface area (Å²) in [6.45, 7) is 0. The van der Waals surface area contributed by atoms with Gasteiger partial charge in [-0.1, -0.05) is 78.9 Å². The van der Waals surface area contributed by atoms with E-state index in [1.807, 2.05) is 72.8 Å². The number of nitrogens with zero attached hydrogens (tertiary/aromatic N) is 1. The summed E-state index contributed by atoms with van der Waals surface area (Å²) in [5, 5.41) is 21.4. The van der Waals surface area contributed by atoms with Gasteiger partial charge in [-0.2, -0.15) is 0 Å². The third-order valence-corrected chi connectivity index (χ3v) is 5.76. The number of aromatic hydroxyl groups is 1. The highest BCUT2D eigenvalue weighted by Crippen LogP contribution is 2.43. The van der Waals surface area contributed by atoms with Gasteiger partial charge in [0, 0.05) is 23.1 Å². The summed E-state index contributed by atoms with van der Waals surface area (Å²) in [5.41, 5.74) is 3.14. The molecule has 1 heterocycles. The van der Waals surface area contributed by atoms with Crippen molar-refractivity contribution in [3.63, 3.8) is 0 Å². The number of rotatable bonds is 5. The predicted octanol–water partition coefficient (Wildman–Crippen LogP) is 5.87. The third kappa shape index (κ3) is 3.78. The van der Waals surface area contributed by atoms with Gasteiger partial charge in [-0.05, 0) is 30.5 Å². The van der Waals surface area contributed by atoms with Crippen molar-refractivity contribution in [1.29, 1.82) is 0 Å². The van der Waals surface area contributed by atoms with Gasteiger partial charge in [0.05, 0.1) is 5.60 Å². The van der Waals surface area contributed by atoms with Gasteiger partial charge in [0.1, 0.15) is 11.4 Å². The first-order valence-corrected chi connectivity index (χ1v) is 10.5. The van der Waals surface area contributed by atoms with Gasteiger partial charge in [0.25, 0.3) is 0 Å². The van der Waals surface area contributed by atoms with Crippen molar-refractivity contribution in [2.75, 3.05) is 0 Å². The Morgan fingerprint density at radius 2 is 1.58 bits per heavy atom. The monoisotopic (exact) mass is 409 g/mol. The lowest BCUT2D eigenvalue weighted by atomic mass is 9.88. The summed E-state index contributed by atoms with van der Waals surface area (Å²) in [6.07, 6.45) is 3.73. The Labute approximate surface area is 181 Å². The predicted molar refractivity (Wildman–Crippen MR) is 121 cm³/mol. The molecule has 5 rings (SSSR count). The zero-order valence-electron chi connectivity index (χ0n) is 17.0. The van der Waals surface area contributed by atoms with Crippen LogP contribution >= 0.6 is 0 Å². The van der Waals surface area contributed by atoms with Crippen LogP contribution < -0.4 is 0 Å². The number of allylic oxidation sites excluding steroid dienone is 1. The quantitative estimate of drug-likeness (QED) is 0.433. The lowest BCUT2D eigenvalue weighted by molar-refractivity contribution is 0.0989. The minimum absolute atomic E-state index is 0.193. The molecule has 0 unspecified atom stereocenters. The van der Waals surface area contributed by atoms with Crippen molar-refractivity contribution in [2.24, 2.45) is 0 Å². The van der Waals surface area contributed by atoms with E-state index in [1.165, 1.54) is 0 Å². The fourth-order valence-corrected chi connectivity index (χ4v) is 4.27. The first-order chi connectivity index (χ1) is 15.1. The summed E-state index contributed by atoms with van der Waals surface area (Å²) in [7, 11) is 0. The highest BCUT2D eigenvalue weighted by Gasteiger charge is 2.39. The molecular weight excluding hydrogens is 386 g/mol. The van der Waals surface area contributed by atoms with Crippen LogP contribution in [0, 0.1) is 0 Å². The summed E-state index contributed by atoms with van der Waals surface area (Å²) in [6, 6.07) is 26.9. The number of hydrogen-bond donors (Lipinski definition) is 2. The molecule has 4 nitrogen and oxygen atoms in total. The van der Waals surface area contributed by atoms with Crippen LogP contribution in [0.5, 0.6) is 5.75 Å². The maximum atomic E-state index is 11.5. The van der Waals surface area contributed by atoms with Gasteiger partial charge < -0.3 is 14.6 Å². The van der Waals surface area contributed by atoms with E-state index >= 15 is 0 Å². The smallest absolute Gasteiger partial charge is 0.225 e. The van der Waals surface area contributed by atoms with Crippen molar-refractivity contribution in [3.05, 3.63) is 102 Å². The summed E-state index contributed by atoms with van der Waals surface area (Å²) >= 11 is 0. The molecule has 0 radical (unpaired) electrons. The zero-order valence-corrected chi connectivity index (χ0v) is 17.0. The van der Waals surface area contributed by atoms with Crippen LogP contribution in [0.15, 0.2) is 95.4 Å². The van der Waals surface area contributed by atoms with Gasteiger partial charge in [-0.15, -0.1) is 0 Å². The minimum atomic E-state index is -1.10. The molecule has 0 saturated heterocycles. The maximum absolute atomic E-state index is 11.5. The Kier molecular flexibility index (Phi) is 4.92. The fourth-order valence-electron chi connectivity index (χ4n) is 4.27. The lowest BCUT2D eigenvalue weighted by Crippen LogP contribution is -2.30. The number of aliphatic hydroxyl groups is 1. The van der Waals surface area contributed by atoms with Crippen LogP contribution in [0.25, 0.3) is 28.2 Å². The Hall–Kier alpha value is -3.63. The maximum Gasteiger partial charge on any atom is 0.225 e. The van der Waals surface area contributed by atoms with Crippen LogP contribution in [0.3, 0.4) is 0 Å². The Balaban J connectivity index is 1.57. The number of benzene rings is 3. The van der Waals surface area contributed by atoms with Gasteiger partial charge in [0.15, 0.2) is 5.76 Å². The molecule has 1 aliphatic rings. The van der Waals surface area contributed by atoms with E-state index in [9.17, 15) is 10.2 Å². The van der Waals surface area contributed by atoms with Crippen LogP contribution in [-0.2, 0) is 6.42 Å². The molecule has 1 aromatic heterocycles. The topological polar surface area (TPSA) is 66.5 Å². The summed E-state index contributed by atoms with van der Waals surface area (Å²) in [5.74, 6) is 1.32. The molecular formula is C27H23NO3. The van der Waals surface area contributed by atoms with E-state index in [1.54, 1.807) is 18.2 Å². The second-order valence-electron chi connectivity index (χ2n) is 7.96. The molecule has 0 spiro atoms. The molecule has 154 valence electrons. The second kappa shape index (κ2) is 7.89. The number of aromatic nitrogens is 1.